The van der Waals surface area contributed by atoms with Crippen LogP contribution in [0.5, 0.6) is 0 Å². The lowest BCUT2D eigenvalue weighted by molar-refractivity contribution is 0.568. The summed E-state index contributed by atoms with van der Waals surface area (Å²) in [4.78, 5) is 7.19. The van der Waals surface area contributed by atoms with E-state index in [1.807, 2.05) is 0 Å². The van der Waals surface area contributed by atoms with Gasteiger partial charge in [0, 0.05) is 31.4 Å². The quantitative estimate of drug-likeness (QED) is 0.881. The molecule has 1 aromatic rings. The maximum absolute atomic E-state index is 4.73. The van der Waals surface area contributed by atoms with Crippen molar-refractivity contribution < 1.29 is 0 Å². The van der Waals surface area contributed by atoms with Crippen molar-refractivity contribution in [1.29, 1.82) is 0 Å². The predicted octanol–water partition coefficient (Wildman–Crippen LogP) is 2.88. The molecule has 3 heteroatoms. The molecule has 0 spiro atoms. The maximum atomic E-state index is 4.73. The number of aryl methyl sites for hydroxylation is 1. The van der Waals surface area contributed by atoms with Crippen LogP contribution in [0.15, 0.2) is 12.1 Å². The van der Waals surface area contributed by atoms with Crippen molar-refractivity contribution in [3.05, 3.63) is 23.4 Å². The number of anilines is 1. The first-order chi connectivity index (χ1) is 9.24. The Kier molecular flexibility index (Phi) is 3.74. The van der Waals surface area contributed by atoms with E-state index < -0.39 is 0 Å². The second-order valence-corrected chi connectivity index (χ2v) is 6.14. The zero-order valence-electron chi connectivity index (χ0n) is 12.2. The molecule has 3 nitrogen and oxygen atoms in total. The van der Waals surface area contributed by atoms with Gasteiger partial charge in [0.25, 0.3) is 0 Å². The van der Waals surface area contributed by atoms with E-state index in [1.165, 1.54) is 50.2 Å². The fourth-order valence-electron chi connectivity index (χ4n) is 2.91. The van der Waals surface area contributed by atoms with Gasteiger partial charge in [-0.1, -0.05) is 13.3 Å². The van der Waals surface area contributed by atoms with E-state index in [2.05, 4.69) is 36.2 Å². The maximum Gasteiger partial charge on any atom is 0.129 e. The normalized spacial score (nSPS) is 23.1. The Bertz CT molecular complexity index is 440. The lowest BCUT2D eigenvalue weighted by Gasteiger charge is -2.19. The Labute approximate surface area is 116 Å². The molecule has 1 unspecified atom stereocenters. The number of aromatic nitrogens is 1. The third kappa shape index (κ3) is 3.27. The lowest BCUT2D eigenvalue weighted by Crippen LogP contribution is -2.22. The summed E-state index contributed by atoms with van der Waals surface area (Å²) in [6, 6.07) is 5.26. The van der Waals surface area contributed by atoms with Crippen LogP contribution in [0.2, 0.25) is 0 Å². The summed E-state index contributed by atoms with van der Waals surface area (Å²) in [7, 11) is 0. The summed E-state index contributed by atoms with van der Waals surface area (Å²) in [5, 5.41) is 3.59. The molecule has 0 bridgehead atoms. The topological polar surface area (TPSA) is 28.2 Å². The van der Waals surface area contributed by atoms with E-state index in [-0.39, 0.29) is 0 Å². The van der Waals surface area contributed by atoms with Gasteiger partial charge in [-0.25, -0.2) is 4.98 Å². The highest BCUT2D eigenvalue weighted by Crippen LogP contribution is 2.25. The smallest absolute Gasteiger partial charge is 0.129 e. The van der Waals surface area contributed by atoms with Crippen molar-refractivity contribution in [2.75, 3.05) is 18.0 Å². The number of rotatable bonds is 5. The van der Waals surface area contributed by atoms with E-state index in [0.717, 1.165) is 24.2 Å². The zero-order chi connectivity index (χ0) is 13.2. The summed E-state index contributed by atoms with van der Waals surface area (Å²) < 4.78 is 0. The van der Waals surface area contributed by atoms with Crippen molar-refractivity contribution in [1.82, 2.24) is 10.3 Å². The average molecular weight is 259 g/mol. The number of hydrogen-bond acceptors (Lipinski definition) is 3. The highest BCUT2D eigenvalue weighted by atomic mass is 15.2. The number of nitrogens with zero attached hydrogens (tertiary/aromatic N) is 2. The molecule has 1 N–H and O–H groups in total. The van der Waals surface area contributed by atoms with Gasteiger partial charge in [0.2, 0.25) is 0 Å². The molecular weight excluding hydrogens is 234 g/mol. The van der Waals surface area contributed by atoms with Crippen LogP contribution in [0.3, 0.4) is 0 Å². The molecule has 1 aliphatic carbocycles. The molecule has 2 heterocycles. The molecule has 1 aliphatic heterocycles. The van der Waals surface area contributed by atoms with Crippen molar-refractivity contribution in [2.24, 2.45) is 5.92 Å². The van der Waals surface area contributed by atoms with Gasteiger partial charge >= 0.3 is 0 Å². The van der Waals surface area contributed by atoms with Gasteiger partial charge in [0.1, 0.15) is 5.82 Å². The van der Waals surface area contributed by atoms with Crippen molar-refractivity contribution >= 4 is 5.82 Å². The van der Waals surface area contributed by atoms with Crippen LogP contribution in [0.1, 0.15) is 43.9 Å². The second-order valence-electron chi connectivity index (χ2n) is 6.14. The average Bonchev–Trinajstić information content (AvgIpc) is 3.11. The zero-order valence-corrected chi connectivity index (χ0v) is 12.2. The summed E-state index contributed by atoms with van der Waals surface area (Å²) in [5.41, 5.74) is 2.53. The van der Waals surface area contributed by atoms with E-state index in [1.54, 1.807) is 0 Å². The predicted molar refractivity (Wildman–Crippen MR) is 79.4 cm³/mol. The van der Waals surface area contributed by atoms with Crippen LogP contribution in [-0.2, 0) is 6.54 Å². The van der Waals surface area contributed by atoms with E-state index in [0.29, 0.717) is 0 Å². The summed E-state index contributed by atoms with van der Waals surface area (Å²) in [5.74, 6) is 2.04. The third-order valence-corrected chi connectivity index (χ3v) is 4.36. The minimum Gasteiger partial charge on any atom is -0.356 e. The largest absolute Gasteiger partial charge is 0.356 e. The Morgan fingerprint density at radius 1 is 1.32 bits per heavy atom. The van der Waals surface area contributed by atoms with Gasteiger partial charge < -0.3 is 10.2 Å². The molecule has 1 saturated carbocycles. The Morgan fingerprint density at radius 2 is 2.16 bits per heavy atom. The number of pyridine rings is 1. The molecule has 104 valence electrons. The van der Waals surface area contributed by atoms with Crippen LogP contribution in [0.4, 0.5) is 5.82 Å². The molecule has 0 radical (unpaired) electrons. The highest BCUT2D eigenvalue weighted by Gasteiger charge is 2.23. The summed E-state index contributed by atoms with van der Waals surface area (Å²) >= 11 is 0. The van der Waals surface area contributed by atoms with Gasteiger partial charge in [-0.2, -0.15) is 0 Å². The molecule has 1 aromatic heterocycles. The molecule has 0 amide bonds. The Balaban J connectivity index is 1.69. The van der Waals surface area contributed by atoms with Gasteiger partial charge in [-0.15, -0.1) is 0 Å². The van der Waals surface area contributed by atoms with Crippen LogP contribution in [-0.4, -0.2) is 24.1 Å². The molecular formula is C16H25N3. The first-order valence-corrected chi connectivity index (χ1v) is 7.70. The van der Waals surface area contributed by atoms with E-state index in [9.17, 15) is 0 Å². The molecule has 2 aliphatic rings. The molecule has 1 atom stereocenters. The number of nitrogens with one attached hydrogen (secondary N) is 1. The van der Waals surface area contributed by atoms with Gasteiger partial charge in [-0.3, -0.25) is 0 Å². The molecule has 19 heavy (non-hydrogen) atoms. The molecule has 3 rings (SSSR count). The molecule has 1 saturated heterocycles. The van der Waals surface area contributed by atoms with E-state index in [4.69, 9.17) is 4.98 Å². The van der Waals surface area contributed by atoms with Crippen molar-refractivity contribution in [3.8, 4) is 0 Å². The minimum absolute atomic E-state index is 0.771. The van der Waals surface area contributed by atoms with Crippen LogP contribution < -0.4 is 10.2 Å². The summed E-state index contributed by atoms with van der Waals surface area (Å²) in [6.07, 6.45) is 5.31. The van der Waals surface area contributed by atoms with Crippen LogP contribution >= 0.6 is 0 Å². The Morgan fingerprint density at radius 3 is 2.84 bits per heavy atom. The minimum atomic E-state index is 0.771. The van der Waals surface area contributed by atoms with Crippen LogP contribution in [0.25, 0.3) is 0 Å². The number of hydrogen-bond donors (Lipinski definition) is 1. The van der Waals surface area contributed by atoms with Crippen molar-refractivity contribution in [3.63, 3.8) is 0 Å². The van der Waals surface area contributed by atoms with Crippen molar-refractivity contribution in [2.45, 2.75) is 52.1 Å². The lowest BCUT2D eigenvalue weighted by atomic mass is 10.1. The molecule has 2 fully saturated rings. The third-order valence-electron chi connectivity index (χ3n) is 4.36. The van der Waals surface area contributed by atoms with Gasteiger partial charge in [0.15, 0.2) is 0 Å². The first kappa shape index (κ1) is 12.9. The van der Waals surface area contributed by atoms with Gasteiger partial charge in [0.05, 0.1) is 0 Å². The fraction of sp³-hybridized carbons (Fsp3) is 0.688. The SMILES string of the molecule is CCC1CCN(c2cc(CNC3CC3)cc(C)n2)C1. The standard InChI is InChI=1S/C16H25N3/c1-3-13-6-7-19(11-13)16-9-14(8-12(2)18-16)10-17-15-4-5-15/h8-9,13,15,17H,3-7,10-11H2,1-2H3. The monoisotopic (exact) mass is 259 g/mol. The van der Waals surface area contributed by atoms with E-state index >= 15 is 0 Å². The van der Waals surface area contributed by atoms with Crippen LogP contribution in [0, 0.1) is 12.8 Å². The first-order valence-electron chi connectivity index (χ1n) is 7.70. The molecule has 0 aromatic carbocycles. The highest BCUT2D eigenvalue weighted by molar-refractivity contribution is 5.43. The van der Waals surface area contributed by atoms with Gasteiger partial charge in [-0.05, 0) is 49.8 Å². The second kappa shape index (κ2) is 5.49. The Hall–Kier alpha value is -1.09. The fourth-order valence-corrected chi connectivity index (χ4v) is 2.91. The summed E-state index contributed by atoms with van der Waals surface area (Å²) in [6.45, 7) is 7.75.